The van der Waals surface area contributed by atoms with Gasteiger partial charge in [0.2, 0.25) is 0 Å². The highest BCUT2D eigenvalue weighted by atomic mass is 79.9. The second kappa shape index (κ2) is 8.79. The lowest BCUT2D eigenvalue weighted by molar-refractivity contribution is -0.158. The number of esters is 2. The minimum absolute atomic E-state index is 0.132. The lowest BCUT2D eigenvalue weighted by Gasteiger charge is -2.37. The number of benzene rings is 2. The summed E-state index contributed by atoms with van der Waals surface area (Å²) in [5.41, 5.74) is 1.16. The molecule has 152 valence electrons. The number of hydrogen-bond acceptors (Lipinski definition) is 5. The largest absolute Gasteiger partial charge is 0.468 e. The van der Waals surface area contributed by atoms with Gasteiger partial charge in [-0.3, -0.25) is 14.4 Å². The fourth-order valence-electron chi connectivity index (χ4n) is 3.83. The first kappa shape index (κ1) is 21.7. The fraction of sp³-hybridized carbons (Fsp3) is 0.318. The highest BCUT2D eigenvalue weighted by Crippen LogP contribution is 2.47. The molecule has 2 aromatic rings. The van der Waals surface area contributed by atoms with E-state index in [9.17, 15) is 14.4 Å². The Balaban J connectivity index is 2.18. The van der Waals surface area contributed by atoms with Crippen molar-refractivity contribution < 1.29 is 23.9 Å². The Morgan fingerprint density at radius 3 is 2.24 bits per heavy atom. The Bertz CT molecular complexity index is 952. The monoisotopic (exact) mass is 522 g/mol. The summed E-state index contributed by atoms with van der Waals surface area (Å²) in [6, 6.07) is 12.3. The molecule has 29 heavy (non-hydrogen) atoms. The van der Waals surface area contributed by atoms with Gasteiger partial charge in [0.1, 0.15) is 5.75 Å². The molecule has 0 aliphatic carbocycles. The Morgan fingerprint density at radius 1 is 1.03 bits per heavy atom. The summed E-state index contributed by atoms with van der Waals surface area (Å²) in [4.78, 5) is 38.8. The van der Waals surface area contributed by atoms with Gasteiger partial charge in [-0.2, -0.15) is 0 Å². The van der Waals surface area contributed by atoms with E-state index in [0.717, 1.165) is 8.95 Å². The van der Waals surface area contributed by atoms with Crippen LogP contribution in [0.3, 0.4) is 0 Å². The summed E-state index contributed by atoms with van der Waals surface area (Å²) < 4.78 is 11.9. The van der Waals surface area contributed by atoms with Crippen LogP contribution in [0.5, 0.6) is 5.75 Å². The summed E-state index contributed by atoms with van der Waals surface area (Å²) in [7, 11) is 1.23. The second-order valence-electron chi connectivity index (χ2n) is 7.27. The number of methoxy groups -OCH3 is 1. The zero-order valence-electron chi connectivity index (χ0n) is 16.1. The molecule has 1 heterocycles. The summed E-state index contributed by atoms with van der Waals surface area (Å²) >= 11 is 6.81. The van der Waals surface area contributed by atoms with Crippen LogP contribution in [-0.2, 0) is 14.3 Å². The molecule has 3 atom stereocenters. The smallest absolute Gasteiger partial charge is 0.326 e. The van der Waals surface area contributed by atoms with Gasteiger partial charge in [0, 0.05) is 31.9 Å². The lowest BCUT2D eigenvalue weighted by Crippen LogP contribution is -2.44. The molecule has 7 heteroatoms. The van der Waals surface area contributed by atoms with Crippen LogP contribution in [0, 0.1) is 17.8 Å². The Morgan fingerprint density at radius 2 is 1.66 bits per heavy atom. The number of fused-ring (bicyclic) bond motifs is 1. The molecule has 1 aliphatic rings. The van der Waals surface area contributed by atoms with Crippen molar-refractivity contribution in [2.75, 3.05) is 7.11 Å². The maximum Gasteiger partial charge on any atom is 0.326 e. The average molecular weight is 524 g/mol. The van der Waals surface area contributed by atoms with Crippen molar-refractivity contribution in [1.29, 1.82) is 0 Å². The van der Waals surface area contributed by atoms with Crippen molar-refractivity contribution >= 4 is 49.6 Å². The third-order valence-corrected chi connectivity index (χ3v) is 6.17. The number of ketones is 1. The fourth-order valence-corrected chi connectivity index (χ4v) is 4.47. The van der Waals surface area contributed by atoms with E-state index in [4.69, 9.17) is 9.47 Å². The molecule has 0 radical (unpaired) electrons. The van der Waals surface area contributed by atoms with Crippen LogP contribution < -0.4 is 4.74 Å². The summed E-state index contributed by atoms with van der Waals surface area (Å²) in [6.07, 6.45) is 0. The number of rotatable bonds is 5. The van der Waals surface area contributed by atoms with Gasteiger partial charge in [-0.05, 0) is 36.2 Å². The first-order valence-electron chi connectivity index (χ1n) is 9.13. The average Bonchev–Trinajstić information content (AvgIpc) is 2.68. The molecule has 1 aliphatic heterocycles. The molecular weight excluding hydrogens is 504 g/mol. The Labute approximate surface area is 186 Å². The number of Topliss-reactive ketones (excluding diaryl/α,β-unsaturated/α-hetero) is 1. The highest BCUT2D eigenvalue weighted by molar-refractivity contribution is 9.10. The van der Waals surface area contributed by atoms with E-state index in [1.54, 1.807) is 42.5 Å². The van der Waals surface area contributed by atoms with Gasteiger partial charge in [-0.1, -0.05) is 57.8 Å². The van der Waals surface area contributed by atoms with E-state index in [1.165, 1.54) is 7.11 Å². The van der Waals surface area contributed by atoms with Crippen LogP contribution in [0.15, 0.2) is 51.4 Å². The number of hydrogen-bond donors (Lipinski definition) is 0. The van der Waals surface area contributed by atoms with E-state index < -0.39 is 29.7 Å². The molecule has 0 N–H and O–H groups in total. The summed E-state index contributed by atoms with van der Waals surface area (Å²) in [5.74, 6) is -3.86. The predicted molar refractivity (Wildman–Crippen MR) is 115 cm³/mol. The van der Waals surface area contributed by atoms with Crippen LogP contribution in [0.25, 0.3) is 0 Å². The van der Waals surface area contributed by atoms with Gasteiger partial charge in [0.05, 0.1) is 7.11 Å². The lowest BCUT2D eigenvalue weighted by atomic mass is 9.68. The molecular formula is C22H20Br2O5. The van der Waals surface area contributed by atoms with Gasteiger partial charge in [0.25, 0.3) is 0 Å². The van der Waals surface area contributed by atoms with Crippen LogP contribution in [0.1, 0.15) is 35.7 Å². The number of carbonyl (C=O) groups is 3. The summed E-state index contributed by atoms with van der Waals surface area (Å²) in [6.45, 7) is 3.82. The van der Waals surface area contributed by atoms with E-state index in [-0.39, 0.29) is 11.7 Å². The zero-order valence-corrected chi connectivity index (χ0v) is 19.3. The summed E-state index contributed by atoms with van der Waals surface area (Å²) in [5, 5.41) is 0. The van der Waals surface area contributed by atoms with E-state index >= 15 is 0 Å². The Kier molecular flexibility index (Phi) is 6.58. The SMILES string of the molecule is COC(=O)[C@H]1C(=O)Oc2ccc(Br)cc2[C@H]1[C@@H](C(=O)c1ccc(Br)cc1)C(C)C. The first-order valence-corrected chi connectivity index (χ1v) is 10.7. The van der Waals surface area contributed by atoms with Crippen molar-refractivity contribution in [2.24, 2.45) is 17.8 Å². The van der Waals surface area contributed by atoms with Gasteiger partial charge in [-0.25, -0.2) is 0 Å². The molecule has 0 amide bonds. The van der Waals surface area contributed by atoms with Crippen molar-refractivity contribution in [2.45, 2.75) is 19.8 Å². The van der Waals surface area contributed by atoms with Gasteiger partial charge >= 0.3 is 11.9 Å². The zero-order chi connectivity index (χ0) is 21.3. The number of ether oxygens (including phenoxy) is 2. The number of halogens is 2. The molecule has 0 unspecified atom stereocenters. The van der Waals surface area contributed by atoms with Gasteiger partial charge in [0.15, 0.2) is 11.7 Å². The maximum absolute atomic E-state index is 13.5. The second-order valence-corrected chi connectivity index (χ2v) is 9.10. The van der Waals surface area contributed by atoms with E-state index in [2.05, 4.69) is 31.9 Å². The molecule has 2 aromatic carbocycles. The molecule has 5 nitrogen and oxygen atoms in total. The maximum atomic E-state index is 13.5. The van der Waals surface area contributed by atoms with E-state index in [0.29, 0.717) is 16.9 Å². The van der Waals surface area contributed by atoms with Crippen LogP contribution in [-0.4, -0.2) is 24.8 Å². The minimum Gasteiger partial charge on any atom is -0.468 e. The van der Waals surface area contributed by atoms with E-state index in [1.807, 2.05) is 13.8 Å². The molecule has 0 saturated carbocycles. The third-order valence-electron chi connectivity index (χ3n) is 5.15. The van der Waals surface area contributed by atoms with Crippen molar-refractivity contribution in [3.8, 4) is 5.75 Å². The quantitative estimate of drug-likeness (QED) is 0.234. The highest BCUT2D eigenvalue weighted by Gasteiger charge is 2.49. The first-order chi connectivity index (χ1) is 13.7. The normalized spacial score (nSPS) is 19.3. The van der Waals surface area contributed by atoms with Crippen molar-refractivity contribution in [3.63, 3.8) is 0 Å². The van der Waals surface area contributed by atoms with Crippen LogP contribution in [0.2, 0.25) is 0 Å². The molecule has 0 fully saturated rings. The molecule has 0 spiro atoms. The van der Waals surface area contributed by atoms with Crippen LogP contribution in [0.4, 0.5) is 0 Å². The van der Waals surface area contributed by atoms with Crippen molar-refractivity contribution in [3.05, 3.63) is 62.5 Å². The predicted octanol–water partition coefficient (Wildman–Crippen LogP) is 5.16. The van der Waals surface area contributed by atoms with Crippen molar-refractivity contribution in [1.82, 2.24) is 0 Å². The third kappa shape index (κ3) is 4.31. The van der Waals surface area contributed by atoms with Gasteiger partial charge in [-0.15, -0.1) is 0 Å². The van der Waals surface area contributed by atoms with Crippen LogP contribution >= 0.6 is 31.9 Å². The van der Waals surface area contributed by atoms with Gasteiger partial charge < -0.3 is 9.47 Å². The number of carbonyl (C=O) groups excluding carboxylic acids is 3. The standard InChI is InChI=1S/C22H20Br2O5/c1-11(2)17(20(25)12-4-6-13(23)7-5-12)18-15-10-14(24)8-9-16(15)29-22(27)19(18)21(26)28-3/h4-11,17-19H,1-3H3/t17-,18-,19-/m0/s1. The topological polar surface area (TPSA) is 69.7 Å². The molecule has 3 rings (SSSR count). The molecule has 0 bridgehead atoms. The Hall–Kier alpha value is -1.99. The minimum atomic E-state index is -1.21. The molecule has 0 aromatic heterocycles. The molecule has 0 saturated heterocycles.